The van der Waals surface area contributed by atoms with Gasteiger partial charge in [-0.05, 0) is 25.7 Å². The monoisotopic (exact) mass is 198 g/mol. The Kier molecular flexibility index (Phi) is 10.0. The van der Waals surface area contributed by atoms with E-state index in [2.05, 4.69) is 12.7 Å². The van der Waals surface area contributed by atoms with Gasteiger partial charge in [-0.2, -0.15) is 0 Å². The van der Waals surface area contributed by atoms with Crippen LogP contribution < -0.4 is 0 Å². The molecule has 0 fully saturated rings. The fraction of sp³-hybridized carbons (Fsp3) is 0.667. The third-order valence-electron chi connectivity index (χ3n) is 1.87. The zero-order chi connectivity index (χ0) is 10.6. The summed E-state index contributed by atoms with van der Waals surface area (Å²) in [5.74, 6) is 0. The Labute approximate surface area is 87.3 Å². The van der Waals surface area contributed by atoms with Crippen LogP contribution in [0.25, 0.3) is 0 Å². The first-order chi connectivity index (χ1) is 6.81. The van der Waals surface area contributed by atoms with Gasteiger partial charge < -0.3 is 9.84 Å². The lowest BCUT2D eigenvalue weighted by atomic mass is 10.2. The van der Waals surface area contributed by atoms with Crippen LogP contribution in [0.4, 0.5) is 0 Å². The number of allylic oxidation sites excluding steroid dienone is 2. The summed E-state index contributed by atoms with van der Waals surface area (Å²) in [5.41, 5.74) is 0. The Hall–Kier alpha value is -0.600. The van der Waals surface area contributed by atoms with E-state index in [0.29, 0.717) is 13.0 Å². The number of ether oxygens (including phenoxy) is 1. The molecule has 0 radical (unpaired) electrons. The SMILES string of the molecule is C=CCCCC=CCOC(O)CCC. The maximum absolute atomic E-state index is 9.22. The largest absolute Gasteiger partial charge is 0.368 e. The Morgan fingerprint density at radius 3 is 2.79 bits per heavy atom. The highest BCUT2D eigenvalue weighted by molar-refractivity contribution is 4.82. The fourth-order valence-electron chi connectivity index (χ4n) is 1.06. The van der Waals surface area contributed by atoms with Gasteiger partial charge in [0.1, 0.15) is 0 Å². The van der Waals surface area contributed by atoms with Crippen LogP contribution in [0.3, 0.4) is 0 Å². The molecule has 1 unspecified atom stereocenters. The van der Waals surface area contributed by atoms with Crippen molar-refractivity contribution in [2.75, 3.05) is 6.61 Å². The van der Waals surface area contributed by atoms with E-state index in [1.54, 1.807) is 0 Å². The standard InChI is InChI=1S/C12H22O2/c1-3-5-6-7-8-9-11-14-12(13)10-4-2/h3,8-9,12-13H,1,4-7,10-11H2,2H3. The minimum atomic E-state index is -0.599. The zero-order valence-electron chi connectivity index (χ0n) is 9.11. The predicted octanol–water partition coefficient (Wildman–Crippen LogP) is 3.03. The fourth-order valence-corrected chi connectivity index (χ4v) is 1.06. The third-order valence-corrected chi connectivity index (χ3v) is 1.87. The van der Waals surface area contributed by atoms with E-state index in [1.807, 2.05) is 19.1 Å². The number of aliphatic hydroxyl groups is 1. The van der Waals surface area contributed by atoms with Crippen molar-refractivity contribution in [3.05, 3.63) is 24.8 Å². The van der Waals surface area contributed by atoms with Gasteiger partial charge >= 0.3 is 0 Å². The van der Waals surface area contributed by atoms with Gasteiger partial charge in [0.25, 0.3) is 0 Å². The molecule has 0 aromatic heterocycles. The summed E-state index contributed by atoms with van der Waals surface area (Å²) >= 11 is 0. The molecule has 0 aromatic carbocycles. The zero-order valence-corrected chi connectivity index (χ0v) is 9.11. The van der Waals surface area contributed by atoms with Gasteiger partial charge in [0.2, 0.25) is 0 Å². The molecule has 2 heteroatoms. The molecular weight excluding hydrogens is 176 g/mol. The molecule has 0 saturated heterocycles. The number of aliphatic hydroxyl groups excluding tert-OH is 1. The average Bonchev–Trinajstić information content (AvgIpc) is 2.17. The minimum absolute atomic E-state index is 0.509. The quantitative estimate of drug-likeness (QED) is 0.350. The maximum Gasteiger partial charge on any atom is 0.154 e. The van der Waals surface area contributed by atoms with Crippen molar-refractivity contribution in [2.24, 2.45) is 0 Å². The molecule has 0 spiro atoms. The number of hydrogen-bond donors (Lipinski definition) is 1. The lowest BCUT2D eigenvalue weighted by Gasteiger charge is -2.07. The second kappa shape index (κ2) is 10.5. The van der Waals surface area contributed by atoms with Crippen LogP contribution in [0.2, 0.25) is 0 Å². The van der Waals surface area contributed by atoms with Crippen LogP contribution in [-0.4, -0.2) is 18.0 Å². The molecule has 0 aliphatic carbocycles. The first-order valence-corrected chi connectivity index (χ1v) is 5.36. The van der Waals surface area contributed by atoms with Gasteiger partial charge in [-0.3, -0.25) is 0 Å². The van der Waals surface area contributed by atoms with Crippen molar-refractivity contribution >= 4 is 0 Å². The minimum Gasteiger partial charge on any atom is -0.368 e. The van der Waals surface area contributed by atoms with Crippen molar-refractivity contribution < 1.29 is 9.84 Å². The molecule has 0 aliphatic heterocycles. The molecule has 14 heavy (non-hydrogen) atoms. The topological polar surface area (TPSA) is 29.5 Å². The molecule has 82 valence electrons. The summed E-state index contributed by atoms with van der Waals surface area (Å²) in [6.45, 7) is 6.19. The molecule has 1 atom stereocenters. The molecule has 0 heterocycles. The lowest BCUT2D eigenvalue weighted by molar-refractivity contribution is -0.0929. The third kappa shape index (κ3) is 9.49. The Morgan fingerprint density at radius 1 is 1.36 bits per heavy atom. The average molecular weight is 198 g/mol. The molecule has 0 saturated carbocycles. The molecule has 0 bridgehead atoms. The normalized spacial score (nSPS) is 13.3. The highest BCUT2D eigenvalue weighted by Crippen LogP contribution is 1.99. The van der Waals surface area contributed by atoms with E-state index in [4.69, 9.17) is 4.74 Å². The van der Waals surface area contributed by atoms with Crippen LogP contribution in [0, 0.1) is 0 Å². The van der Waals surface area contributed by atoms with E-state index in [9.17, 15) is 5.11 Å². The maximum atomic E-state index is 9.22. The molecule has 0 aromatic rings. The van der Waals surface area contributed by atoms with E-state index < -0.39 is 6.29 Å². The van der Waals surface area contributed by atoms with Crippen molar-refractivity contribution in [1.82, 2.24) is 0 Å². The van der Waals surface area contributed by atoms with Crippen LogP contribution in [-0.2, 0) is 4.74 Å². The van der Waals surface area contributed by atoms with Crippen LogP contribution in [0.1, 0.15) is 39.0 Å². The summed E-state index contributed by atoms with van der Waals surface area (Å²) in [6.07, 6.45) is 10.3. The van der Waals surface area contributed by atoms with Gasteiger partial charge in [0.15, 0.2) is 6.29 Å². The predicted molar refractivity (Wildman–Crippen MR) is 60.1 cm³/mol. The van der Waals surface area contributed by atoms with E-state index in [-0.39, 0.29) is 0 Å². The summed E-state index contributed by atoms with van der Waals surface area (Å²) in [4.78, 5) is 0. The van der Waals surface area contributed by atoms with E-state index in [0.717, 1.165) is 25.7 Å². The van der Waals surface area contributed by atoms with Gasteiger partial charge in [0.05, 0.1) is 6.61 Å². The van der Waals surface area contributed by atoms with Crippen molar-refractivity contribution in [3.8, 4) is 0 Å². The highest BCUT2D eigenvalue weighted by Gasteiger charge is 1.98. The number of hydrogen-bond acceptors (Lipinski definition) is 2. The van der Waals surface area contributed by atoms with Gasteiger partial charge in [-0.15, -0.1) is 6.58 Å². The van der Waals surface area contributed by atoms with Gasteiger partial charge in [-0.25, -0.2) is 0 Å². The van der Waals surface area contributed by atoms with Crippen molar-refractivity contribution in [1.29, 1.82) is 0 Å². The smallest absolute Gasteiger partial charge is 0.154 e. The van der Waals surface area contributed by atoms with E-state index >= 15 is 0 Å². The first-order valence-electron chi connectivity index (χ1n) is 5.36. The van der Waals surface area contributed by atoms with Crippen molar-refractivity contribution in [3.63, 3.8) is 0 Å². The molecule has 0 amide bonds. The Morgan fingerprint density at radius 2 is 2.14 bits per heavy atom. The van der Waals surface area contributed by atoms with Crippen LogP contribution in [0.5, 0.6) is 0 Å². The first kappa shape index (κ1) is 13.4. The summed E-state index contributed by atoms with van der Waals surface area (Å²) in [6, 6.07) is 0. The van der Waals surface area contributed by atoms with E-state index in [1.165, 1.54) is 0 Å². The van der Waals surface area contributed by atoms with Crippen LogP contribution >= 0.6 is 0 Å². The van der Waals surface area contributed by atoms with Gasteiger partial charge in [0, 0.05) is 0 Å². The molecule has 0 rings (SSSR count). The summed E-state index contributed by atoms with van der Waals surface area (Å²) in [7, 11) is 0. The Balaban J connectivity index is 3.21. The number of unbranched alkanes of at least 4 members (excludes halogenated alkanes) is 2. The van der Waals surface area contributed by atoms with Crippen LogP contribution in [0.15, 0.2) is 24.8 Å². The molecule has 1 N–H and O–H groups in total. The second-order valence-corrected chi connectivity index (χ2v) is 3.27. The molecule has 0 aliphatic rings. The summed E-state index contributed by atoms with van der Waals surface area (Å²) in [5, 5.41) is 9.22. The second-order valence-electron chi connectivity index (χ2n) is 3.27. The Bertz CT molecular complexity index is 152. The van der Waals surface area contributed by atoms with Crippen molar-refractivity contribution in [2.45, 2.75) is 45.3 Å². The number of rotatable bonds is 9. The lowest BCUT2D eigenvalue weighted by Crippen LogP contribution is -2.10. The highest BCUT2D eigenvalue weighted by atomic mass is 16.6. The summed E-state index contributed by atoms with van der Waals surface area (Å²) < 4.78 is 5.14. The molecule has 2 nitrogen and oxygen atoms in total. The van der Waals surface area contributed by atoms with Gasteiger partial charge in [-0.1, -0.05) is 31.6 Å². The molecular formula is C12H22O2.